The second-order valence-electron chi connectivity index (χ2n) is 4.67. The van der Waals surface area contributed by atoms with E-state index in [0.717, 1.165) is 11.8 Å². The van der Waals surface area contributed by atoms with Crippen molar-refractivity contribution in [1.82, 2.24) is 0 Å². The van der Waals surface area contributed by atoms with E-state index in [1.165, 1.54) is 19.3 Å². The molecule has 0 bridgehead atoms. The van der Waals surface area contributed by atoms with Gasteiger partial charge >= 0.3 is 0 Å². The molecule has 1 aliphatic rings. The molecule has 1 fully saturated rings. The number of rotatable bonds is 1. The third-order valence-electron chi connectivity index (χ3n) is 3.37. The van der Waals surface area contributed by atoms with Gasteiger partial charge in [0.15, 0.2) is 0 Å². The molecule has 0 aliphatic heterocycles. The van der Waals surface area contributed by atoms with Crippen LogP contribution in [0.15, 0.2) is 0 Å². The van der Waals surface area contributed by atoms with E-state index in [1.807, 2.05) is 0 Å². The summed E-state index contributed by atoms with van der Waals surface area (Å²) in [5, 5.41) is 9.15. The summed E-state index contributed by atoms with van der Waals surface area (Å²) in [6.07, 6.45) is 3.69. The van der Waals surface area contributed by atoms with Crippen LogP contribution in [-0.2, 0) is 0 Å². The lowest BCUT2D eigenvalue weighted by Crippen LogP contribution is -2.31. The van der Waals surface area contributed by atoms with Gasteiger partial charge in [0, 0.05) is 6.61 Å². The fraction of sp³-hybridized carbons (Fsp3) is 1.00. The maximum atomic E-state index is 9.15. The molecule has 0 aromatic carbocycles. The fourth-order valence-electron chi connectivity index (χ4n) is 2.08. The third kappa shape index (κ3) is 1.96. The van der Waals surface area contributed by atoms with Crippen molar-refractivity contribution in [3.63, 3.8) is 0 Å². The van der Waals surface area contributed by atoms with Crippen LogP contribution in [0, 0.1) is 17.3 Å². The van der Waals surface area contributed by atoms with Crippen molar-refractivity contribution in [2.75, 3.05) is 6.61 Å². The molecule has 0 aromatic rings. The van der Waals surface area contributed by atoms with Gasteiger partial charge in [0.25, 0.3) is 0 Å². The van der Waals surface area contributed by atoms with Crippen molar-refractivity contribution in [3.05, 3.63) is 0 Å². The first kappa shape index (κ1) is 9.05. The van der Waals surface area contributed by atoms with Crippen LogP contribution in [0.1, 0.15) is 40.0 Å². The highest BCUT2D eigenvalue weighted by Crippen LogP contribution is 2.41. The number of aliphatic hydroxyl groups is 1. The quantitative estimate of drug-likeness (QED) is 0.618. The van der Waals surface area contributed by atoms with Crippen LogP contribution in [0.4, 0.5) is 0 Å². The summed E-state index contributed by atoms with van der Waals surface area (Å²) in [6, 6.07) is 0. The molecule has 11 heavy (non-hydrogen) atoms. The van der Waals surface area contributed by atoms with Gasteiger partial charge in [-0.3, -0.25) is 0 Å². The molecule has 1 aliphatic carbocycles. The molecule has 1 saturated carbocycles. The topological polar surface area (TPSA) is 20.2 Å². The van der Waals surface area contributed by atoms with Gasteiger partial charge in [-0.15, -0.1) is 0 Å². The number of hydrogen-bond acceptors (Lipinski definition) is 1. The summed E-state index contributed by atoms with van der Waals surface area (Å²) >= 11 is 0. The van der Waals surface area contributed by atoms with Crippen LogP contribution < -0.4 is 0 Å². The molecule has 0 radical (unpaired) electrons. The van der Waals surface area contributed by atoms with Crippen molar-refractivity contribution in [3.8, 4) is 0 Å². The predicted molar refractivity (Wildman–Crippen MR) is 47.4 cm³/mol. The molecular formula is C10H20O. The Hall–Kier alpha value is -0.0400. The van der Waals surface area contributed by atoms with E-state index in [4.69, 9.17) is 5.11 Å². The van der Waals surface area contributed by atoms with Crippen LogP contribution in [0.3, 0.4) is 0 Å². The van der Waals surface area contributed by atoms with Gasteiger partial charge in [-0.2, -0.15) is 0 Å². The molecule has 0 spiro atoms. The van der Waals surface area contributed by atoms with Crippen molar-refractivity contribution in [1.29, 1.82) is 0 Å². The lowest BCUT2D eigenvalue weighted by atomic mass is 9.68. The van der Waals surface area contributed by atoms with Gasteiger partial charge in [0.1, 0.15) is 0 Å². The zero-order chi connectivity index (χ0) is 8.48. The Kier molecular flexibility index (Phi) is 2.58. The maximum Gasteiger partial charge on any atom is 0.0484 e. The molecule has 0 saturated heterocycles. The largest absolute Gasteiger partial charge is 0.396 e. The highest BCUT2D eigenvalue weighted by Gasteiger charge is 2.32. The Bertz CT molecular complexity index is 133. The average molecular weight is 156 g/mol. The Balaban J connectivity index is 2.51. The molecule has 0 aromatic heterocycles. The second-order valence-corrected chi connectivity index (χ2v) is 4.67. The first-order chi connectivity index (χ1) is 5.07. The smallest absolute Gasteiger partial charge is 0.0484 e. The normalized spacial score (nSPS) is 45.8. The van der Waals surface area contributed by atoms with Gasteiger partial charge < -0.3 is 5.11 Å². The molecule has 1 rings (SSSR count). The van der Waals surface area contributed by atoms with Gasteiger partial charge in [-0.1, -0.05) is 20.8 Å². The van der Waals surface area contributed by atoms with E-state index in [-0.39, 0.29) is 5.41 Å². The second kappa shape index (κ2) is 3.14. The van der Waals surface area contributed by atoms with Crippen molar-refractivity contribution in [2.45, 2.75) is 40.0 Å². The summed E-state index contributed by atoms with van der Waals surface area (Å²) in [5.41, 5.74) is 0.228. The van der Waals surface area contributed by atoms with E-state index in [2.05, 4.69) is 20.8 Å². The SMILES string of the molecule is CC1CCC(C)(CO)CC1C. The Morgan fingerprint density at radius 1 is 1.36 bits per heavy atom. The lowest BCUT2D eigenvalue weighted by Gasteiger charge is -2.39. The van der Waals surface area contributed by atoms with Crippen molar-refractivity contribution in [2.24, 2.45) is 17.3 Å². The van der Waals surface area contributed by atoms with Crippen LogP contribution in [-0.4, -0.2) is 11.7 Å². The van der Waals surface area contributed by atoms with Gasteiger partial charge in [0.2, 0.25) is 0 Å². The standard InChI is InChI=1S/C10H20O/c1-8-4-5-10(3,7-11)6-9(8)2/h8-9,11H,4-7H2,1-3H3. The number of hydrogen-bond donors (Lipinski definition) is 1. The minimum absolute atomic E-state index is 0.228. The lowest BCUT2D eigenvalue weighted by molar-refractivity contribution is 0.0546. The van der Waals surface area contributed by atoms with Crippen LogP contribution >= 0.6 is 0 Å². The molecule has 3 atom stereocenters. The van der Waals surface area contributed by atoms with Gasteiger partial charge in [-0.25, -0.2) is 0 Å². The summed E-state index contributed by atoms with van der Waals surface area (Å²) in [5.74, 6) is 1.65. The van der Waals surface area contributed by atoms with Crippen LogP contribution in [0.5, 0.6) is 0 Å². The molecule has 66 valence electrons. The summed E-state index contributed by atoms with van der Waals surface area (Å²) in [7, 11) is 0. The molecule has 1 nitrogen and oxygen atoms in total. The first-order valence-corrected chi connectivity index (χ1v) is 4.68. The maximum absolute atomic E-state index is 9.15. The summed E-state index contributed by atoms with van der Waals surface area (Å²) in [4.78, 5) is 0. The Labute approximate surface area is 69.8 Å². The highest BCUT2D eigenvalue weighted by molar-refractivity contribution is 4.83. The van der Waals surface area contributed by atoms with Crippen LogP contribution in [0.25, 0.3) is 0 Å². The van der Waals surface area contributed by atoms with E-state index in [9.17, 15) is 0 Å². The highest BCUT2D eigenvalue weighted by atomic mass is 16.3. The average Bonchev–Trinajstić information content (AvgIpc) is 1.98. The van der Waals surface area contributed by atoms with E-state index in [0.29, 0.717) is 6.61 Å². The zero-order valence-electron chi connectivity index (χ0n) is 7.93. The zero-order valence-corrected chi connectivity index (χ0v) is 7.93. The summed E-state index contributed by atoms with van der Waals surface area (Å²) in [6.45, 7) is 7.19. The minimum Gasteiger partial charge on any atom is -0.396 e. The van der Waals surface area contributed by atoms with Crippen molar-refractivity contribution < 1.29 is 5.11 Å². The predicted octanol–water partition coefficient (Wildman–Crippen LogP) is 2.44. The molecule has 0 amide bonds. The number of aliphatic hydroxyl groups excluding tert-OH is 1. The van der Waals surface area contributed by atoms with E-state index < -0.39 is 0 Å². The van der Waals surface area contributed by atoms with E-state index >= 15 is 0 Å². The fourth-order valence-corrected chi connectivity index (χ4v) is 2.08. The van der Waals surface area contributed by atoms with E-state index in [1.54, 1.807) is 0 Å². The molecule has 1 N–H and O–H groups in total. The van der Waals surface area contributed by atoms with Crippen molar-refractivity contribution >= 4 is 0 Å². The molecule has 0 heterocycles. The summed E-state index contributed by atoms with van der Waals surface area (Å²) < 4.78 is 0. The van der Waals surface area contributed by atoms with Crippen LogP contribution in [0.2, 0.25) is 0 Å². The Morgan fingerprint density at radius 3 is 2.45 bits per heavy atom. The molecule has 1 heteroatoms. The molecule has 3 unspecified atom stereocenters. The van der Waals surface area contributed by atoms with Gasteiger partial charge in [-0.05, 0) is 36.5 Å². The third-order valence-corrected chi connectivity index (χ3v) is 3.37. The first-order valence-electron chi connectivity index (χ1n) is 4.68. The monoisotopic (exact) mass is 156 g/mol. The van der Waals surface area contributed by atoms with Gasteiger partial charge in [0.05, 0.1) is 0 Å². The Morgan fingerprint density at radius 2 is 2.00 bits per heavy atom. The minimum atomic E-state index is 0.228. The molecular weight excluding hydrogens is 136 g/mol.